The van der Waals surface area contributed by atoms with Crippen LogP contribution in [0.25, 0.3) is 0 Å². The highest BCUT2D eigenvalue weighted by Crippen LogP contribution is 2.11. The summed E-state index contributed by atoms with van der Waals surface area (Å²) in [5.41, 5.74) is 5.82. The van der Waals surface area contributed by atoms with Gasteiger partial charge in [0.15, 0.2) is 11.5 Å². The number of nitrogens with two attached hydrogens (primary N) is 1. The number of carbonyl (C=O) groups is 1. The third kappa shape index (κ3) is 4.31. The first-order chi connectivity index (χ1) is 8.69. The molecule has 0 aliphatic rings. The molecule has 0 aromatic carbocycles. The van der Waals surface area contributed by atoms with Gasteiger partial charge >= 0.3 is 0 Å². The van der Waals surface area contributed by atoms with Crippen LogP contribution < -0.4 is 11.1 Å². The third-order valence-electron chi connectivity index (χ3n) is 3.04. The van der Waals surface area contributed by atoms with Crippen LogP contribution in [0.2, 0.25) is 0 Å². The summed E-state index contributed by atoms with van der Waals surface area (Å²) in [6.07, 6.45) is 7.53. The molecule has 1 aromatic rings. The molecule has 1 atom stereocenters. The number of nitrogens with one attached hydrogen (secondary N) is 1. The lowest BCUT2D eigenvalue weighted by atomic mass is 9.99. The molecular weight excluding hydrogens is 228 g/mol. The average molecular weight is 250 g/mol. The molecule has 0 saturated carbocycles. The number of nitrogens with zero attached hydrogens (tertiary/aromatic N) is 2. The fourth-order valence-electron chi connectivity index (χ4n) is 1.79. The van der Waals surface area contributed by atoms with Crippen LogP contribution in [0.3, 0.4) is 0 Å². The van der Waals surface area contributed by atoms with Crippen LogP contribution in [0.1, 0.15) is 50.0 Å². The molecule has 0 aliphatic carbocycles. The molecule has 0 spiro atoms. The number of rotatable bonds is 7. The number of anilines is 1. The summed E-state index contributed by atoms with van der Waals surface area (Å²) in [6.45, 7) is 4.99. The van der Waals surface area contributed by atoms with Gasteiger partial charge in [-0.05, 0) is 12.3 Å². The van der Waals surface area contributed by atoms with Gasteiger partial charge in [0.2, 0.25) is 0 Å². The maximum atomic E-state index is 11.9. The highest BCUT2D eigenvalue weighted by atomic mass is 16.1. The van der Waals surface area contributed by atoms with Crippen molar-refractivity contribution < 1.29 is 4.79 Å². The molecule has 0 aliphatic heterocycles. The molecule has 18 heavy (non-hydrogen) atoms. The van der Waals surface area contributed by atoms with Crippen LogP contribution in [0.15, 0.2) is 12.4 Å². The summed E-state index contributed by atoms with van der Waals surface area (Å²) in [7, 11) is 0. The number of unbranched alkanes of at least 4 members (excludes halogenated alkanes) is 1. The lowest BCUT2D eigenvalue weighted by Gasteiger charge is -2.15. The molecule has 100 valence electrons. The Morgan fingerprint density at radius 1 is 1.39 bits per heavy atom. The van der Waals surface area contributed by atoms with Gasteiger partial charge in [-0.15, -0.1) is 0 Å². The Hall–Kier alpha value is -1.65. The van der Waals surface area contributed by atoms with E-state index in [1.807, 2.05) is 0 Å². The number of amides is 1. The Balaban J connectivity index is 2.47. The van der Waals surface area contributed by atoms with Crippen molar-refractivity contribution in [3.63, 3.8) is 0 Å². The molecule has 1 heterocycles. The van der Waals surface area contributed by atoms with E-state index in [-0.39, 0.29) is 17.4 Å². The van der Waals surface area contributed by atoms with E-state index in [0.29, 0.717) is 12.5 Å². The van der Waals surface area contributed by atoms with Crippen molar-refractivity contribution in [1.29, 1.82) is 0 Å². The molecule has 0 fully saturated rings. The van der Waals surface area contributed by atoms with E-state index >= 15 is 0 Å². The van der Waals surface area contributed by atoms with Crippen LogP contribution in [-0.4, -0.2) is 22.4 Å². The Labute approximate surface area is 108 Å². The fourth-order valence-corrected chi connectivity index (χ4v) is 1.79. The minimum atomic E-state index is -0.240. The molecule has 0 bridgehead atoms. The second-order valence-electron chi connectivity index (χ2n) is 4.42. The summed E-state index contributed by atoms with van der Waals surface area (Å²) in [5, 5.41) is 2.88. The summed E-state index contributed by atoms with van der Waals surface area (Å²) in [5.74, 6) is 0.457. The van der Waals surface area contributed by atoms with Gasteiger partial charge in [0.1, 0.15) is 0 Å². The fraction of sp³-hybridized carbons (Fsp3) is 0.615. The number of carbonyl (C=O) groups excluding carboxylic acids is 1. The van der Waals surface area contributed by atoms with Crippen LogP contribution in [-0.2, 0) is 0 Å². The molecule has 3 N–H and O–H groups in total. The first-order valence-corrected chi connectivity index (χ1v) is 6.53. The van der Waals surface area contributed by atoms with Gasteiger partial charge in [-0.1, -0.05) is 33.1 Å². The second-order valence-corrected chi connectivity index (χ2v) is 4.42. The van der Waals surface area contributed by atoms with Crippen molar-refractivity contribution in [3.8, 4) is 0 Å². The van der Waals surface area contributed by atoms with Crippen LogP contribution in [0, 0.1) is 5.92 Å². The standard InChI is InChI=1S/C13H22N4O/c1-3-5-6-10(4-2)9-17-13(18)11-12(14)16-8-7-15-11/h7-8,10H,3-6,9H2,1-2H3,(H2,14,16)(H,17,18)/t10-/m0/s1. The Kier molecular flexibility index (Phi) is 6.11. The lowest BCUT2D eigenvalue weighted by molar-refractivity contribution is 0.0941. The number of aromatic nitrogens is 2. The molecule has 5 heteroatoms. The zero-order valence-electron chi connectivity index (χ0n) is 11.1. The Morgan fingerprint density at radius 3 is 2.72 bits per heavy atom. The molecule has 0 radical (unpaired) electrons. The smallest absolute Gasteiger partial charge is 0.273 e. The second kappa shape index (κ2) is 7.63. The Bertz CT molecular complexity index is 381. The van der Waals surface area contributed by atoms with Gasteiger partial charge in [0, 0.05) is 18.9 Å². The number of hydrogen-bond donors (Lipinski definition) is 2. The third-order valence-corrected chi connectivity index (χ3v) is 3.04. The van der Waals surface area contributed by atoms with Gasteiger partial charge in [-0.3, -0.25) is 4.79 Å². The average Bonchev–Trinajstić information content (AvgIpc) is 2.39. The zero-order valence-corrected chi connectivity index (χ0v) is 11.1. The topological polar surface area (TPSA) is 80.9 Å². The molecule has 0 unspecified atom stereocenters. The van der Waals surface area contributed by atoms with E-state index in [1.165, 1.54) is 25.2 Å². The molecule has 1 rings (SSSR count). The molecular formula is C13H22N4O. The predicted molar refractivity (Wildman–Crippen MR) is 72.1 cm³/mol. The predicted octanol–water partition coefficient (Wildman–Crippen LogP) is 2.00. The van der Waals surface area contributed by atoms with Crippen molar-refractivity contribution in [2.24, 2.45) is 5.92 Å². The van der Waals surface area contributed by atoms with E-state index < -0.39 is 0 Å². The highest BCUT2D eigenvalue weighted by molar-refractivity contribution is 5.96. The minimum Gasteiger partial charge on any atom is -0.382 e. The van der Waals surface area contributed by atoms with Crippen LogP contribution in [0.4, 0.5) is 5.82 Å². The summed E-state index contributed by atoms with van der Waals surface area (Å²) in [6, 6.07) is 0. The zero-order chi connectivity index (χ0) is 13.4. The van der Waals surface area contributed by atoms with Gasteiger partial charge in [-0.2, -0.15) is 0 Å². The van der Waals surface area contributed by atoms with E-state index in [2.05, 4.69) is 29.1 Å². The first-order valence-electron chi connectivity index (χ1n) is 6.53. The van der Waals surface area contributed by atoms with Crippen molar-refractivity contribution in [2.75, 3.05) is 12.3 Å². The monoisotopic (exact) mass is 250 g/mol. The van der Waals surface area contributed by atoms with Crippen molar-refractivity contribution >= 4 is 11.7 Å². The van der Waals surface area contributed by atoms with Crippen molar-refractivity contribution in [3.05, 3.63) is 18.1 Å². The SMILES string of the molecule is CCCC[C@H](CC)CNC(=O)c1nccnc1N. The van der Waals surface area contributed by atoms with Crippen molar-refractivity contribution in [1.82, 2.24) is 15.3 Å². The molecule has 5 nitrogen and oxygen atoms in total. The summed E-state index contributed by atoms with van der Waals surface area (Å²) in [4.78, 5) is 19.7. The maximum Gasteiger partial charge on any atom is 0.273 e. The largest absolute Gasteiger partial charge is 0.382 e. The van der Waals surface area contributed by atoms with Crippen LogP contribution >= 0.6 is 0 Å². The summed E-state index contributed by atoms with van der Waals surface area (Å²) < 4.78 is 0. The van der Waals surface area contributed by atoms with Crippen molar-refractivity contribution in [2.45, 2.75) is 39.5 Å². The lowest BCUT2D eigenvalue weighted by Crippen LogP contribution is -2.30. The number of hydrogen-bond acceptors (Lipinski definition) is 4. The first kappa shape index (κ1) is 14.4. The van der Waals surface area contributed by atoms with E-state index in [9.17, 15) is 4.79 Å². The van der Waals surface area contributed by atoms with Gasteiger partial charge in [-0.25, -0.2) is 9.97 Å². The molecule has 0 saturated heterocycles. The van der Waals surface area contributed by atoms with Gasteiger partial charge in [0.25, 0.3) is 5.91 Å². The summed E-state index contributed by atoms with van der Waals surface area (Å²) >= 11 is 0. The quantitative estimate of drug-likeness (QED) is 0.775. The van der Waals surface area contributed by atoms with Gasteiger partial charge in [0.05, 0.1) is 0 Å². The van der Waals surface area contributed by atoms with E-state index in [0.717, 1.165) is 12.8 Å². The normalized spacial score (nSPS) is 12.1. The molecule has 1 aromatic heterocycles. The maximum absolute atomic E-state index is 11.9. The van der Waals surface area contributed by atoms with Crippen LogP contribution in [0.5, 0.6) is 0 Å². The number of nitrogen functional groups attached to an aromatic ring is 1. The van der Waals surface area contributed by atoms with E-state index in [1.54, 1.807) is 0 Å². The molecule has 1 amide bonds. The van der Waals surface area contributed by atoms with Gasteiger partial charge < -0.3 is 11.1 Å². The van der Waals surface area contributed by atoms with E-state index in [4.69, 9.17) is 5.73 Å². The highest BCUT2D eigenvalue weighted by Gasteiger charge is 2.13. The minimum absolute atomic E-state index is 0.177. The Morgan fingerprint density at radius 2 is 2.11 bits per heavy atom.